The minimum atomic E-state index is -0.931. The second kappa shape index (κ2) is 6.16. The molecule has 0 aliphatic carbocycles. The second-order valence-corrected chi connectivity index (χ2v) is 4.18. The van der Waals surface area contributed by atoms with Gasteiger partial charge in [-0.2, -0.15) is 4.98 Å². The molecule has 0 spiro atoms. The zero-order valence-electron chi connectivity index (χ0n) is 11.2. The molecule has 0 unspecified atom stereocenters. The first-order valence-corrected chi connectivity index (χ1v) is 6.03. The van der Waals surface area contributed by atoms with Crippen molar-refractivity contribution in [2.75, 3.05) is 7.11 Å². The van der Waals surface area contributed by atoms with Gasteiger partial charge in [0, 0.05) is 5.56 Å². The molecule has 2 N–H and O–H groups in total. The van der Waals surface area contributed by atoms with Crippen molar-refractivity contribution in [3.05, 3.63) is 30.2 Å². The molecule has 0 bridgehead atoms. The lowest BCUT2D eigenvalue weighted by Gasteiger charge is -2.05. The number of carboxylic acid groups (broad SMARTS) is 1. The van der Waals surface area contributed by atoms with Crippen LogP contribution in [0, 0.1) is 0 Å². The Morgan fingerprint density at radius 3 is 2.75 bits per heavy atom. The van der Waals surface area contributed by atoms with Crippen molar-refractivity contribution in [2.24, 2.45) is 0 Å². The molecule has 106 valence electrons. The summed E-state index contributed by atoms with van der Waals surface area (Å²) >= 11 is 0. The van der Waals surface area contributed by atoms with Gasteiger partial charge in [-0.3, -0.25) is 10.1 Å². The average Bonchev–Trinajstić information content (AvgIpc) is 2.93. The Hall–Kier alpha value is -2.41. The summed E-state index contributed by atoms with van der Waals surface area (Å²) in [4.78, 5) is 14.9. The van der Waals surface area contributed by atoms with Gasteiger partial charge in [-0.05, 0) is 31.2 Å². The van der Waals surface area contributed by atoms with Crippen LogP contribution in [0.25, 0.3) is 11.4 Å². The van der Waals surface area contributed by atoms with Crippen LogP contribution in [-0.4, -0.2) is 34.4 Å². The van der Waals surface area contributed by atoms with Gasteiger partial charge in [-0.25, -0.2) is 0 Å². The Labute approximate surface area is 115 Å². The highest BCUT2D eigenvalue weighted by molar-refractivity contribution is 5.72. The van der Waals surface area contributed by atoms with E-state index in [1.165, 1.54) is 0 Å². The Bertz CT molecular complexity index is 580. The summed E-state index contributed by atoms with van der Waals surface area (Å²) < 4.78 is 10.1. The van der Waals surface area contributed by atoms with Gasteiger partial charge >= 0.3 is 5.97 Å². The number of carboxylic acids is 1. The Balaban J connectivity index is 2.02. The molecule has 2 rings (SSSR count). The maximum Gasteiger partial charge on any atom is 0.320 e. The van der Waals surface area contributed by atoms with E-state index in [1.54, 1.807) is 26.2 Å². The van der Waals surface area contributed by atoms with Crippen molar-refractivity contribution >= 4 is 5.97 Å². The molecule has 0 saturated carbocycles. The summed E-state index contributed by atoms with van der Waals surface area (Å²) in [5, 5.41) is 15.4. The summed E-state index contributed by atoms with van der Waals surface area (Å²) in [7, 11) is 1.59. The van der Waals surface area contributed by atoms with Crippen LogP contribution in [0.4, 0.5) is 0 Å². The van der Waals surface area contributed by atoms with E-state index in [9.17, 15) is 4.79 Å². The van der Waals surface area contributed by atoms with Crippen LogP contribution in [0.2, 0.25) is 0 Å². The van der Waals surface area contributed by atoms with E-state index in [4.69, 9.17) is 14.4 Å². The van der Waals surface area contributed by atoms with Gasteiger partial charge in [0.25, 0.3) is 0 Å². The molecule has 0 fully saturated rings. The number of nitrogens with zero attached hydrogens (tertiary/aromatic N) is 2. The number of hydrogen-bond acceptors (Lipinski definition) is 6. The third kappa shape index (κ3) is 3.33. The topological polar surface area (TPSA) is 97.5 Å². The van der Waals surface area contributed by atoms with Crippen LogP contribution >= 0.6 is 0 Å². The maximum absolute atomic E-state index is 10.7. The Morgan fingerprint density at radius 1 is 1.45 bits per heavy atom. The number of nitrogens with one attached hydrogen (secondary N) is 1. The van der Waals surface area contributed by atoms with Crippen molar-refractivity contribution < 1.29 is 19.2 Å². The monoisotopic (exact) mass is 277 g/mol. The Kier molecular flexibility index (Phi) is 4.31. The predicted molar refractivity (Wildman–Crippen MR) is 70.2 cm³/mol. The molecular formula is C13H15N3O4. The molecule has 0 aliphatic heterocycles. The molecule has 2 aromatic rings. The van der Waals surface area contributed by atoms with Crippen LogP contribution in [0.5, 0.6) is 5.75 Å². The van der Waals surface area contributed by atoms with E-state index in [0.717, 1.165) is 11.3 Å². The molecule has 0 radical (unpaired) electrons. The number of carbonyl (C=O) groups is 1. The van der Waals surface area contributed by atoms with Gasteiger partial charge in [-0.1, -0.05) is 5.16 Å². The minimum Gasteiger partial charge on any atom is -0.497 e. The number of benzene rings is 1. The van der Waals surface area contributed by atoms with Gasteiger partial charge < -0.3 is 14.4 Å². The van der Waals surface area contributed by atoms with Crippen LogP contribution in [0.1, 0.15) is 12.8 Å². The molecule has 0 aliphatic rings. The highest BCUT2D eigenvalue weighted by atomic mass is 16.5. The van der Waals surface area contributed by atoms with Gasteiger partial charge in [0.2, 0.25) is 11.7 Å². The van der Waals surface area contributed by atoms with Crippen LogP contribution in [0.3, 0.4) is 0 Å². The predicted octanol–water partition coefficient (Wildman–Crippen LogP) is 1.31. The summed E-state index contributed by atoms with van der Waals surface area (Å²) in [6.07, 6.45) is 0. The van der Waals surface area contributed by atoms with Crippen molar-refractivity contribution in [3.63, 3.8) is 0 Å². The van der Waals surface area contributed by atoms with Crippen molar-refractivity contribution in [1.29, 1.82) is 0 Å². The lowest BCUT2D eigenvalue weighted by molar-refractivity contribution is -0.139. The molecule has 0 amide bonds. The highest BCUT2D eigenvalue weighted by Crippen LogP contribution is 2.19. The van der Waals surface area contributed by atoms with Gasteiger partial charge in [0.05, 0.1) is 13.7 Å². The molecular weight excluding hydrogens is 262 g/mol. The van der Waals surface area contributed by atoms with E-state index in [-0.39, 0.29) is 6.54 Å². The zero-order chi connectivity index (χ0) is 14.5. The molecule has 20 heavy (non-hydrogen) atoms. The number of aromatic nitrogens is 2. The first-order chi connectivity index (χ1) is 9.60. The van der Waals surface area contributed by atoms with E-state index < -0.39 is 12.0 Å². The second-order valence-electron chi connectivity index (χ2n) is 4.18. The quantitative estimate of drug-likeness (QED) is 0.821. The minimum absolute atomic E-state index is 0.205. The van der Waals surface area contributed by atoms with Crippen molar-refractivity contribution in [2.45, 2.75) is 19.5 Å². The number of hydrogen-bond donors (Lipinski definition) is 2. The van der Waals surface area contributed by atoms with E-state index in [2.05, 4.69) is 15.5 Å². The van der Waals surface area contributed by atoms with Crippen LogP contribution < -0.4 is 10.1 Å². The number of methoxy groups -OCH3 is 1. The summed E-state index contributed by atoms with van der Waals surface area (Å²) in [6.45, 7) is 1.75. The van der Waals surface area contributed by atoms with Gasteiger partial charge in [-0.15, -0.1) is 0 Å². The van der Waals surface area contributed by atoms with Crippen molar-refractivity contribution in [1.82, 2.24) is 15.5 Å². The summed E-state index contributed by atoms with van der Waals surface area (Å²) in [5.74, 6) is 0.602. The normalized spacial score (nSPS) is 12.1. The third-order valence-electron chi connectivity index (χ3n) is 2.75. The lowest BCUT2D eigenvalue weighted by atomic mass is 10.2. The molecule has 0 saturated heterocycles. The van der Waals surface area contributed by atoms with E-state index in [1.807, 2.05) is 12.1 Å². The van der Waals surface area contributed by atoms with E-state index in [0.29, 0.717) is 11.7 Å². The molecule has 1 aromatic carbocycles. The fourth-order valence-corrected chi connectivity index (χ4v) is 1.51. The lowest BCUT2D eigenvalue weighted by Crippen LogP contribution is -2.33. The Morgan fingerprint density at radius 2 is 2.15 bits per heavy atom. The molecule has 1 aromatic heterocycles. The third-order valence-corrected chi connectivity index (χ3v) is 2.75. The molecule has 1 heterocycles. The van der Waals surface area contributed by atoms with Crippen LogP contribution in [0.15, 0.2) is 28.8 Å². The maximum atomic E-state index is 10.7. The first kappa shape index (κ1) is 14.0. The zero-order valence-corrected chi connectivity index (χ0v) is 11.2. The fourth-order valence-electron chi connectivity index (χ4n) is 1.51. The van der Waals surface area contributed by atoms with Gasteiger partial charge in [0.1, 0.15) is 11.8 Å². The fraction of sp³-hybridized carbons (Fsp3) is 0.308. The summed E-state index contributed by atoms with van der Waals surface area (Å²) in [6, 6.07) is 6.57. The van der Waals surface area contributed by atoms with E-state index >= 15 is 0 Å². The molecule has 7 heteroatoms. The standard InChI is InChI=1S/C13H15N3O4/c1-8(13(17)18)14-7-11-15-12(16-20-11)9-3-5-10(19-2)6-4-9/h3-6,8,14H,7H2,1-2H3,(H,17,18)/t8-/m1/s1. The SMILES string of the molecule is COc1ccc(-c2noc(CN[C@H](C)C(=O)O)n2)cc1. The highest BCUT2D eigenvalue weighted by Gasteiger charge is 2.13. The first-order valence-electron chi connectivity index (χ1n) is 6.03. The number of ether oxygens (including phenoxy) is 1. The van der Waals surface area contributed by atoms with Crippen LogP contribution in [-0.2, 0) is 11.3 Å². The smallest absolute Gasteiger partial charge is 0.320 e. The van der Waals surface area contributed by atoms with Gasteiger partial charge in [0.15, 0.2) is 0 Å². The summed E-state index contributed by atoms with van der Waals surface area (Å²) in [5.41, 5.74) is 0.798. The van der Waals surface area contributed by atoms with Crippen molar-refractivity contribution in [3.8, 4) is 17.1 Å². The number of aliphatic carboxylic acids is 1. The largest absolute Gasteiger partial charge is 0.497 e. The molecule has 7 nitrogen and oxygen atoms in total. The average molecular weight is 277 g/mol. The molecule has 1 atom stereocenters. The number of rotatable bonds is 6.